The molecule has 0 aliphatic carbocycles. The highest BCUT2D eigenvalue weighted by molar-refractivity contribution is 7.17. The Labute approximate surface area is 156 Å². The lowest BCUT2D eigenvalue weighted by atomic mass is 10.1. The molecule has 0 fully saturated rings. The summed E-state index contributed by atoms with van der Waals surface area (Å²) >= 11 is 1.10. The molecule has 0 N–H and O–H groups in total. The molecule has 2 aromatic rings. The second kappa shape index (κ2) is 9.43. The Kier molecular flexibility index (Phi) is 7.26. The molecule has 1 aromatic heterocycles. The summed E-state index contributed by atoms with van der Waals surface area (Å²) in [6.45, 7) is 6.17. The van der Waals surface area contributed by atoms with Crippen molar-refractivity contribution in [3.05, 3.63) is 46.2 Å². The van der Waals surface area contributed by atoms with Gasteiger partial charge in [-0.1, -0.05) is 43.2 Å². The van der Waals surface area contributed by atoms with Gasteiger partial charge >= 0.3 is 5.97 Å². The molecule has 0 radical (unpaired) electrons. The monoisotopic (exact) mass is 378 g/mol. The summed E-state index contributed by atoms with van der Waals surface area (Å²) in [7, 11) is 0. The van der Waals surface area contributed by atoms with Crippen LogP contribution in [-0.2, 0) is 4.74 Å². The van der Waals surface area contributed by atoms with E-state index in [0.717, 1.165) is 30.6 Å². The number of anilines is 1. The van der Waals surface area contributed by atoms with Crippen LogP contribution in [0.25, 0.3) is 0 Å². The molecule has 1 aromatic carbocycles. The van der Waals surface area contributed by atoms with E-state index < -0.39 is 17.7 Å². The molecule has 0 aliphatic rings. The zero-order valence-corrected chi connectivity index (χ0v) is 16.1. The van der Waals surface area contributed by atoms with Crippen LogP contribution in [0.4, 0.5) is 9.52 Å². The smallest absolute Gasteiger partial charge is 0.350 e. The fourth-order valence-electron chi connectivity index (χ4n) is 2.47. The van der Waals surface area contributed by atoms with Crippen LogP contribution in [0.15, 0.2) is 24.3 Å². The fraction of sp³-hybridized carbons (Fsp3) is 0.421. The number of ether oxygens (including phenoxy) is 1. The number of rotatable bonds is 8. The number of esters is 1. The number of aryl methyl sites for hydroxylation is 1. The Morgan fingerprint density at radius 1 is 1.23 bits per heavy atom. The number of hydrogen-bond donors (Lipinski definition) is 0. The molecule has 0 aliphatic heterocycles. The van der Waals surface area contributed by atoms with Gasteiger partial charge in [0.05, 0.1) is 17.9 Å². The van der Waals surface area contributed by atoms with Gasteiger partial charge in [0.15, 0.2) is 5.13 Å². The average Bonchev–Trinajstić information content (AvgIpc) is 3.00. The lowest BCUT2D eigenvalue weighted by Crippen LogP contribution is -2.32. The van der Waals surface area contributed by atoms with Crippen molar-refractivity contribution < 1.29 is 18.7 Å². The van der Waals surface area contributed by atoms with Crippen LogP contribution >= 0.6 is 11.3 Å². The molecular weight excluding hydrogens is 355 g/mol. The molecule has 0 atom stereocenters. The Balaban J connectivity index is 2.36. The van der Waals surface area contributed by atoms with Gasteiger partial charge in [-0.15, -0.1) is 0 Å². The highest BCUT2D eigenvalue weighted by atomic mass is 32.1. The second-order valence-electron chi connectivity index (χ2n) is 5.78. The van der Waals surface area contributed by atoms with E-state index in [1.165, 1.54) is 17.0 Å². The SMILES string of the molecule is CCCCCN(C(=O)c1ccccc1F)c1nc(C)c(C(=O)OCC)s1. The number of carbonyl (C=O) groups is 2. The summed E-state index contributed by atoms with van der Waals surface area (Å²) in [4.78, 5) is 31.1. The number of halogens is 1. The van der Waals surface area contributed by atoms with Crippen LogP contribution in [0.5, 0.6) is 0 Å². The number of aromatic nitrogens is 1. The molecule has 5 nitrogen and oxygen atoms in total. The van der Waals surface area contributed by atoms with E-state index in [2.05, 4.69) is 11.9 Å². The normalized spacial score (nSPS) is 10.6. The topological polar surface area (TPSA) is 59.5 Å². The third-order valence-corrected chi connectivity index (χ3v) is 4.97. The van der Waals surface area contributed by atoms with Crippen molar-refractivity contribution >= 4 is 28.3 Å². The minimum absolute atomic E-state index is 0.00506. The second-order valence-corrected chi connectivity index (χ2v) is 6.75. The summed E-state index contributed by atoms with van der Waals surface area (Å²) in [5.41, 5.74) is 0.500. The number of benzene rings is 1. The first-order valence-corrected chi connectivity index (χ1v) is 9.52. The molecule has 0 saturated carbocycles. The summed E-state index contributed by atoms with van der Waals surface area (Å²) in [5.74, 6) is -1.49. The maximum absolute atomic E-state index is 14.1. The summed E-state index contributed by atoms with van der Waals surface area (Å²) < 4.78 is 19.1. The van der Waals surface area contributed by atoms with Gasteiger partial charge in [-0.3, -0.25) is 9.69 Å². The molecule has 26 heavy (non-hydrogen) atoms. The van der Waals surface area contributed by atoms with Crippen molar-refractivity contribution in [2.24, 2.45) is 0 Å². The minimum Gasteiger partial charge on any atom is -0.462 e. The highest BCUT2D eigenvalue weighted by Gasteiger charge is 2.25. The molecule has 1 amide bonds. The third-order valence-electron chi connectivity index (χ3n) is 3.81. The predicted molar refractivity (Wildman–Crippen MR) is 100 cm³/mol. The van der Waals surface area contributed by atoms with Gasteiger partial charge in [0.2, 0.25) is 0 Å². The van der Waals surface area contributed by atoms with E-state index in [9.17, 15) is 14.0 Å². The molecule has 0 spiro atoms. The first-order chi connectivity index (χ1) is 12.5. The fourth-order valence-corrected chi connectivity index (χ4v) is 3.45. The van der Waals surface area contributed by atoms with E-state index >= 15 is 0 Å². The first kappa shape index (κ1) is 20.0. The minimum atomic E-state index is -0.572. The van der Waals surface area contributed by atoms with Gasteiger partial charge in [-0.25, -0.2) is 14.2 Å². The number of carbonyl (C=O) groups excluding carboxylic acids is 2. The Morgan fingerprint density at radius 3 is 2.62 bits per heavy atom. The summed E-state index contributed by atoms with van der Waals surface area (Å²) in [6.07, 6.45) is 2.70. The molecule has 0 saturated heterocycles. The van der Waals surface area contributed by atoms with Gasteiger partial charge < -0.3 is 4.74 Å². The molecular formula is C19H23FN2O3S. The van der Waals surface area contributed by atoms with E-state index in [0.29, 0.717) is 22.2 Å². The van der Waals surface area contributed by atoms with Crippen LogP contribution < -0.4 is 4.90 Å². The Bertz CT molecular complexity index is 776. The van der Waals surface area contributed by atoms with Gasteiger partial charge in [0, 0.05) is 6.54 Å². The molecule has 140 valence electrons. The average molecular weight is 378 g/mol. The van der Waals surface area contributed by atoms with Gasteiger partial charge in [-0.2, -0.15) is 0 Å². The number of hydrogen-bond acceptors (Lipinski definition) is 5. The van der Waals surface area contributed by atoms with Crippen LogP contribution in [0.2, 0.25) is 0 Å². The van der Waals surface area contributed by atoms with Crippen molar-refractivity contribution in [3.63, 3.8) is 0 Å². The third kappa shape index (κ3) is 4.66. The Hall–Kier alpha value is -2.28. The lowest BCUT2D eigenvalue weighted by molar-refractivity contribution is 0.0531. The van der Waals surface area contributed by atoms with Crippen molar-refractivity contribution in [1.29, 1.82) is 0 Å². The molecule has 0 bridgehead atoms. The predicted octanol–water partition coefficient (Wildman–Crippen LogP) is 4.60. The van der Waals surface area contributed by atoms with Crippen molar-refractivity contribution in [2.45, 2.75) is 40.0 Å². The largest absolute Gasteiger partial charge is 0.462 e. The molecule has 1 heterocycles. The van der Waals surface area contributed by atoms with Crippen LogP contribution in [-0.4, -0.2) is 30.0 Å². The maximum atomic E-state index is 14.1. The van der Waals surface area contributed by atoms with Crippen LogP contribution in [0.3, 0.4) is 0 Å². The van der Waals surface area contributed by atoms with E-state index in [-0.39, 0.29) is 12.2 Å². The van der Waals surface area contributed by atoms with Gasteiger partial charge in [-0.05, 0) is 32.4 Å². The van der Waals surface area contributed by atoms with Gasteiger partial charge in [0.25, 0.3) is 5.91 Å². The number of amides is 1. The molecule has 7 heteroatoms. The number of nitrogens with zero attached hydrogens (tertiary/aromatic N) is 2. The summed E-state index contributed by atoms with van der Waals surface area (Å²) in [5, 5.41) is 0.384. The summed E-state index contributed by atoms with van der Waals surface area (Å²) in [6, 6.07) is 5.88. The zero-order chi connectivity index (χ0) is 19.1. The van der Waals surface area contributed by atoms with Crippen molar-refractivity contribution in [1.82, 2.24) is 4.98 Å². The highest BCUT2D eigenvalue weighted by Crippen LogP contribution is 2.29. The Morgan fingerprint density at radius 2 is 1.96 bits per heavy atom. The van der Waals surface area contributed by atoms with Crippen LogP contribution in [0, 0.1) is 12.7 Å². The quantitative estimate of drug-likeness (QED) is 0.497. The standard InChI is InChI=1S/C19H23FN2O3S/c1-4-6-9-12-22(17(23)14-10-7-8-11-15(14)20)19-21-13(3)16(26-19)18(24)25-5-2/h7-8,10-11H,4-6,9,12H2,1-3H3. The van der Waals surface area contributed by atoms with E-state index in [1.54, 1.807) is 26.0 Å². The van der Waals surface area contributed by atoms with E-state index in [4.69, 9.17) is 4.74 Å². The van der Waals surface area contributed by atoms with Crippen molar-refractivity contribution in [3.8, 4) is 0 Å². The van der Waals surface area contributed by atoms with Crippen LogP contribution in [0.1, 0.15) is 58.8 Å². The number of thiazole rings is 1. The van der Waals surface area contributed by atoms with Gasteiger partial charge in [0.1, 0.15) is 10.7 Å². The van der Waals surface area contributed by atoms with Crippen molar-refractivity contribution in [2.75, 3.05) is 18.1 Å². The first-order valence-electron chi connectivity index (χ1n) is 8.70. The maximum Gasteiger partial charge on any atom is 0.350 e. The number of unbranched alkanes of at least 4 members (excludes halogenated alkanes) is 2. The lowest BCUT2D eigenvalue weighted by Gasteiger charge is -2.20. The molecule has 2 rings (SSSR count). The zero-order valence-electron chi connectivity index (χ0n) is 15.3. The van der Waals surface area contributed by atoms with E-state index in [1.807, 2.05) is 0 Å². The molecule has 0 unspecified atom stereocenters.